The van der Waals surface area contributed by atoms with Crippen LogP contribution >= 0.6 is 0 Å². The van der Waals surface area contributed by atoms with Crippen LogP contribution in [0.4, 0.5) is 0 Å². The number of aromatic nitrogens is 1. The molecule has 0 spiro atoms. The molecule has 4 heteroatoms. The van der Waals surface area contributed by atoms with Gasteiger partial charge in [-0.15, -0.1) is 0 Å². The summed E-state index contributed by atoms with van der Waals surface area (Å²) in [7, 11) is 0. The number of aryl methyl sites for hydroxylation is 1. The number of nitriles is 1. The highest BCUT2D eigenvalue weighted by Crippen LogP contribution is 2.28. The van der Waals surface area contributed by atoms with Gasteiger partial charge in [0, 0.05) is 36.8 Å². The molecule has 136 valence electrons. The summed E-state index contributed by atoms with van der Waals surface area (Å²) in [6.07, 6.45) is 2.20. The van der Waals surface area contributed by atoms with Crippen molar-refractivity contribution in [2.75, 3.05) is 13.1 Å². The predicted octanol–water partition coefficient (Wildman–Crippen LogP) is 4.46. The summed E-state index contributed by atoms with van der Waals surface area (Å²) in [4.78, 5) is 7.00. The highest BCUT2D eigenvalue weighted by Gasteiger charge is 2.22. The Labute approximate surface area is 160 Å². The molecular weight excluding hydrogens is 334 g/mol. The van der Waals surface area contributed by atoms with Crippen molar-refractivity contribution in [1.29, 1.82) is 5.26 Å². The minimum atomic E-state index is 0.220. The summed E-state index contributed by atoms with van der Waals surface area (Å²) in [5.41, 5.74) is 3.84. The number of piperidine rings is 1. The first kappa shape index (κ1) is 17.5. The molecular formula is C23H23N3O. The van der Waals surface area contributed by atoms with E-state index in [1.807, 2.05) is 55.5 Å². The second-order valence-electron chi connectivity index (χ2n) is 7.14. The molecule has 0 radical (unpaired) electrons. The smallest absolute Gasteiger partial charge is 0.130 e. The Morgan fingerprint density at radius 2 is 1.85 bits per heavy atom. The molecule has 1 fully saturated rings. The third-order valence-electron chi connectivity index (χ3n) is 5.17. The lowest BCUT2D eigenvalue weighted by Crippen LogP contribution is -2.38. The molecule has 1 aliphatic heterocycles. The molecule has 3 aromatic rings. The minimum absolute atomic E-state index is 0.220. The Morgan fingerprint density at radius 3 is 2.67 bits per heavy atom. The average molecular weight is 357 g/mol. The van der Waals surface area contributed by atoms with Crippen molar-refractivity contribution in [3.8, 4) is 11.8 Å². The molecule has 0 unspecified atom stereocenters. The molecule has 4 rings (SSSR count). The molecule has 1 aromatic heterocycles. The molecule has 0 saturated carbocycles. The standard InChI is InChI=1S/C23H23N3O/c1-17-14-23(21-8-4-5-9-22(21)25-17)27-20-10-12-26(13-11-20)16-19-7-3-2-6-18(19)15-24/h2-9,14,20H,10-13,16H2,1H3. The van der Waals surface area contributed by atoms with E-state index in [2.05, 4.69) is 22.0 Å². The number of ether oxygens (including phenoxy) is 1. The van der Waals surface area contributed by atoms with Crippen molar-refractivity contribution in [1.82, 2.24) is 9.88 Å². The van der Waals surface area contributed by atoms with Crippen molar-refractivity contribution in [2.24, 2.45) is 0 Å². The fraction of sp³-hybridized carbons (Fsp3) is 0.304. The lowest BCUT2D eigenvalue weighted by atomic mass is 10.0. The van der Waals surface area contributed by atoms with Gasteiger partial charge in [-0.25, -0.2) is 0 Å². The number of pyridine rings is 1. The molecule has 0 amide bonds. The number of para-hydroxylation sites is 1. The van der Waals surface area contributed by atoms with E-state index in [0.29, 0.717) is 0 Å². The van der Waals surface area contributed by atoms with Gasteiger partial charge in [0.25, 0.3) is 0 Å². The minimum Gasteiger partial charge on any atom is -0.490 e. The van der Waals surface area contributed by atoms with Gasteiger partial charge in [-0.05, 0) is 43.5 Å². The second-order valence-corrected chi connectivity index (χ2v) is 7.14. The summed E-state index contributed by atoms with van der Waals surface area (Å²) in [6.45, 7) is 4.79. The number of hydrogen-bond donors (Lipinski definition) is 0. The molecule has 4 nitrogen and oxygen atoms in total. The third-order valence-corrected chi connectivity index (χ3v) is 5.17. The van der Waals surface area contributed by atoms with Crippen molar-refractivity contribution in [3.05, 3.63) is 71.4 Å². The Balaban J connectivity index is 1.41. The van der Waals surface area contributed by atoms with E-state index in [1.165, 1.54) is 0 Å². The number of hydrogen-bond acceptors (Lipinski definition) is 4. The van der Waals surface area contributed by atoms with Gasteiger partial charge in [-0.1, -0.05) is 30.3 Å². The van der Waals surface area contributed by atoms with Crippen LogP contribution in [0, 0.1) is 18.3 Å². The summed E-state index contributed by atoms with van der Waals surface area (Å²) in [5, 5.41) is 10.3. The van der Waals surface area contributed by atoms with Crippen LogP contribution in [0.5, 0.6) is 5.75 Å². The zero-order valence-corrected chi connectivity index (χ0v) is 15.6. The fourth-order valence-electron chi connectivity index (χ4n) is 3.74. The Hall–Kier alpha value is -2.90. The molecule has 0 bridgehead atoms. The SMILES string of the molecule is Cc1cc(OC2CCN(Cc3ccccc3C#N)CC2)c2ccccc2n1. The topological polar surface area (TPSA) is 49.1 Å². The molecule has 0 atom stereocenters. The second kappa shape index (κ2) is 7.77. The lowest BCUT2D eigenvalue weighted by Gasteiger charge is -2.32. The maximum atomic E-state index is 9.27. The van der Waals surface area contributed by atoms with E-state index in [1.54, 1.807) is 0 Å². The normalized spacial score (nSPS) is 15.6. The number of rotatable bonds is 4. The fourth-order valence-corrected chi connectivity index (χ4v) is 3.74. The van der Waals surface area contributed by atoms with Crippen LogP contribution in [0.15, 0.2) is 54.6 Å². The van der Waals surface area contributed by atoms with Gasteiger partial charge in [-0.2, -0.15) is 5.26 Å². The first-order valence-electron chi connectivity index (χ1n) is 9.46. The molecule has 1 saturated heterocycles. The first-order chi connectivity index (χ1) is 13.2. The van der Waals surface area contributed by atoms with Crippen molar-refractivity contribution in [3.63, 3.8) is 0 Å². The van der Waals surface area contributed by atoms with Crippen LogP contribution in [0.25, 0.3) is 10.9 Å². The molecule has 1 aliphatic rings. The van der Waals surface area contributed by atoms with Crippen LogP contribution in [-0.2, 0) is 6.54 Å². The van der Waals surface area contributed by atoms with E-state index in [9.17, 15) is 5.26 Å². The van der Waals surface area contributed by atoms with Gasteiger partial charge in [0.15, 0.2) is 0 Å². The lowest BCUT2D eigenvalue weighted by molar-refractivity contribution is 0.0978. The van der Waals surface area contributed by atoms with E-state index >= 15 is 0 Å². The maximum Gasteiger partial charge on any atom is 0.130 e. The molecule has 2 aromatic carbocycles. The summed E-state index contributed by atoms with van der Waals surface area (Å²) in [5.74, 6) is 0.936. The number of benzene rings is 2. The summed E-state index contributed by atoms with van der Waals surface area (Å²) < 4.78 is 6.37. The van der Waals surface area contributed by atoms with Crippen LogP contribution in [-0.4, -0.2) is 29.1 Å². The number of fused-ring (bicyclic) bond motifs is 1. The van der Waals surface area contributed by atoms with Crippen LogP contribution < -0.4 is 4.74 Å². The zero-order chi connectivity index (χ0) is 18.6. The van der Waals surface area contributed by atoms with Gasteiger partial charge >= 0.3 is 0 Å². The van der Waals surface area contributed by atoms with Crippen LogP contribution in [0.3, 0.4) is 0 Å². The maximum absolute atomic E-state index is 9.27. The summed E-state index contributed by atoms with van der Waals surface area (Å²) in [6, 6.07) is 20.3. The third kappa shape index (κ3) is 3.94. The molecule has 0 N–H and O–H groups in total. The monoisotopic (exact) mass is 357 g/mol. The zero-order valence-electron chi connectivity index (χ0n) is 15.6. The van der Waals surface area contributed by atoms with Crippen LogP contribution in [0.1, 0.15) is 29.7 Å². The predicted molar refractivity (Wildman–Crippen MR) is 107 cm³/mol. The Morgan fingerprint density at radius 1 is 1.11 bits per heavy atom. The highest BCUT2D eigenvalue weighted by molar-refractivity contribution is 5.85. The highest BCUT2D eigenvalue weighted by atomic mass is 16.5. The Kier molecular flexibility index (Phi) is 5.04. The van der Waals surface area contributed by atoms with E-state index in [-0.39, 0.29) is 6.10 Å². The van der Waals surface area contributed by atoms with E-state index in [0.717, 1.165) is 65.9 Å². The van der Waals surface area contributed by atoms with Gasteiger partial charge < -0.3 is 4.74 Å². The summed E-state index contributed by atoms with van der Waals surface area (Å²) >= 11 is 0. The quantitative estimate of drug-likeness (QED) is 0.692. The molecule has 0 aliphatic carbocycles. The van der Waals surface area contributed by atoms with Gasteiger partial charge in [-0.3, -0.25) is 9.88 Å². The average Bonchev–Trinajstić information content (AvgIpc) is 2.70. The number of likely N-dealkylation sites (tertiary alicyclic amines) is 1. The van der Waals surface area contributed by atoms with Crippen molar-refractivity contribution in [2.45, 2.75) is 32.4 Å². The number of nitrogens with zero attached hydrogens (tertiary/aromatic N) is 3. The molecule has 27 heavy (non-hydrogen) atoms. The Bertz CT molecular complexity index is 984. The van der Waals surface area contributed by atoms with Crippen LogP contribution in [0.2, 0.25) is 0 Å². The first-order valence-corrected chi connectivity index (χ1v) is 9.46. The van der Waals surface area contributed by atoms with Crippen molar-refractivity contribution < 1.29 is 4.74 Å². The largest absolute Gasteiger partial charge is 0.490 e. The van der Waals surface area contributed by atoms with Gasteiger partial charge in [0.05, 0.1) is 17.1 Å². The van der Waals surface area contributed by atoms with E-state index in [4.69, 9.17) is 4.74 Å². The van der Waals surface area contributed by atoms with E-state index < -0.39 is 0 Å². The van der Waals surface area contributed by atoms with Gasteiger partial charge in [0.2, 0.25) is 0 Å². The van der Waals surface area contributed by atoms with Crippen molar-refractivity contribution >= 4 is 10.9 Å². The van der Waals surface area contributed by atoms with Gasteiger partial charge in [0.1, 0.15) is 11.9 Å². The molecule has 2 heterocycles.